The molecule has 0 amide bonds. The van der Waals surface area contributed by atoms with Crippen molar-refractivity contribution in [2.75, 3.05) is 0 Å². The first kappa shape index (κ1) is 7.84. The van der Waals surface area contributed by atoms with Crippen molar-refractivity contribution in [1.29, 1.82) is 5.26 Å². The molecule has 2 atom stereocenters. The van der Waals surface area contributed by atoms with E-state index in [0.29, 0.717) is 0 Å². The Bertz CT molecular complexity index is 93.2. The van der Waals surface area contributed by atoms with E-state index in [-0.39, 0.29) is 11.2 Å². The van der Waals surface area contributed by atoms with Crippen molar-refractivity contribution in [2.24, 2.45) is 5.92 Å². The van der Waals surface area contributed by atoms with Crippen LogP contribution in [0, 0.1) is 17.2 Å². The van der Waals surface area contributed by atoms with Crippen molar-refractivity contribution in [3.63, 3.8) is 0 Å². The maximum Gasteiger partial charge on any atom is 0.0667 e. The maximum atomic E-state index is 8.40. The number of hydrogen-bond acceptors (Lipinski definition) is 2. The van der Waals surface area contributed by atoms with Crippen LogP contribution in [0.1, 0.15) is 20.3 Å². The van der Waals surface area contributed by atoms with Gasteiger partial charge in [0.15, 0.2) is 0 Å². The summed E-state index contributed by atoms with van der Waals surface area (Å²) in [5, 5.41) is 8.61. The lowest BCUT2D eigenvalue weighted by Crippen LogP contribution is -2.06. The first-order chi connectivity index (χ1) is 3.72. The molecule has 0 aromatic rings. The maximum absolute atomic E-state index is 8.40. The summed E-state index contributed by atoms with van der Waals surface area (Å²) in [5.41, 5.74) is 0. The highest BCUT2D eigenvalue weighted by molar-refractivity contribution is 7.80. The predicted molar refractivity (Wildman–Crippen MR) is 37.8 cm³/mol. The molecule has 2 heteroatoms. The Labute approximate surface area is 56.1 Å². The van der Waals surface area contributed by atoms with Crippen molar-refractivity contribution in [2.45, 2.75) is 25.5 Å². The van der Waals surface area contributed by atoms with E-state index < -0.39 is 0 Å². The number of rotatable bonds is 2. The second-order valence-corrected chi connectivity index (χ2v) is 2.70. The van der Waals surface area contributed by atoms with E-state index in [9.17, 15) is 0 Å². The van der Waals surface area contributed by atoms with Crippen molar-refractivity contribution < 1.29 is 0 Å². The third kappa shape index (κ3) is 2.23. The molecule has 0 rings (SSSR count). The van der Waals surface area contributed by atoms with Crippen molar-refractivity contribution in [3.05, 3.63) is 0 Å². The molecule has 0 aromatic heterocycles. The molecule has 0 saturated heterocycles. The third-order valence-corrected chi connectivity index (χ3v) is 1.55. The molecule has 0 aliphatic rings. The van der Waals surface area contributed by atoms with Gasteiger partial charge < -0.3 is 0 Å². The Morgan fingerprint density at radius 2 is 2.25 bits per heavy atom. The standard InChI is InChI=1S/C6H11NS/c1-3-6(4-7)5(2)8/h5-6,8H,3H2,1-2H3. The summed E-state index contributed by atoms with van der Waals surface area (Å²) in [6, 6.07) is 2.17. The van der Waals surface area contributed by atoms with Gasteiger partial charge in [0.2, 0.25) is 0 Å². The average molecular weight is 129 g/mol. The first-order valence-electron chi connectivity index (χ1n) is 2.80. The molecule has 0 bridgehead atoms. The fraction of sp³-hybridized carbons (Fsp3) is 0.833. The Morgan fingerprint density at radius 1 is 1.75 bits per heavy atom. The number of thiol groups is 1. The highest BCUT2D eigenvalue weighted by Gasteiger charge is 2.08. The van der Waals surface area contributed by atoms with E-state index >= 15 is 0 Å². The number of nitrogens with zero attached hydrogens (tertiary/aromatic N) is 1. The monoisotopic (exact) mass is 129 g/mol. The lowest BCUT2D eigenvalue weighted by molar-refractivity contribution is 0.637. The molecule has 0 heterocycles. The largest absolute Gasteiger partial charge is 0.198 e. The van der Waals surface area contributed by atoms with Crippen LogP contribution in [-0.4, -0.2) is 5.25 Å². The molecule has 46 valence electrons. The second kappa shape index (κ2) is 3.80. The zero-order valence-electron chi connectivity index (χ0n) is 5.26. The first-order valence-corrected chi connectivity index (χ1v) is 3.31. The van der Waals surface area contributed by atoms with Crippen LogP contribution in [0.3, 0.4) is 0 Å². The van der Waals surface area contributed by atoms with E-state index in [1.54, 1.807) is 0 Å². The minimum atomic E-state index is 0.123. The molecule has 0 saturated carbocycles. The van der Waals surface area contributed by atoms with E-state index in [2.05, 4.69) is 18.7 Å². The predicted octanol–water partition coefficient (Wildman–Crippen LogP) is 1.85. The van der Waals surface area contributed by atoms with Crippen LogP contribution in [0.25, 0.3) is 0 Å². The van der Waals surface area contributed by atoms with Gasteiger partial charge >= 0.3 is 0 Å². The number of hydrogen-bond donors (Lipinski definition) is 1. The summed E-state index contributed by atoms with van der Waals surface area (Å²) in [6.45, 7) is 3.95. The van der Waals surface area contributed by atoms with Crippen LogP contribution in [0.5, 0.6) is 0 Å². The van der Waals surface area contributed by atoms with E-state index in [1.165, 1.54) is 0 Å². The van der Waals surface area contributed by atoms with Crippen molar-refractivity contribution >= 4 is 12.6 Å². The molecule has 0 spiro atoms. The topological polar surface area (TPSA) is 23.8 Å². The van der Waals surface area contributed by atoms with Gasteiger partial charge in [-0.15, -0.1) is 0 Å². The normalized spacial score (nSPS) is 16.8. The molecule has 0 radical (unpaired) electrons. The van der Waals surface area contributed by atoms with Gasteiger partial charge in [-0.05, 0) is 6.42 Å². The van der Waals surface area contributed by atoms with Gasteiger partial charge in [0.05, 0.1) is 12.0 Å². The average Bonchev–Trinajstić information content (AvgIpc) is 1.69. The Morgan fingerprint density at radius 3 is 2.25 bits per heavy atom. The highest BCUT2D eigenvalue weighted by atomic mass is 32.1. The minimum absolute atomic E-state index is 0.123. The molecule has 0 aromatic carbocycles. The van der Waals surface area contributed by atoms with Crippen LogP contribution >= 0.6 is 12.6 Å². The molecule has 0 N–H and O–H groups in total. The summed E-state index contributed by atoms with van der Waals surface area (Å²) < 4.78 is 0. The van der Waals surface area contributed by atoms with Gasteiger partial charge in [-0.2, -0.15) is 17.9 Å². The van der Waals surface area contributed by atoms with Gasteiger partial charge in [-0.3, -0.25) is 0 Å². The van der Waals surface area contributed by atoms with E-state index in [0.717, 1.165) is 6.42 Å². The van der Waals surface area contributed by atoms with Gasteiger partial charge in [0, 0.05) is 5.25 Å². The summed E-state index contributed by atoms with van der Waals surface area (Å²) >= 11 is 4.13. The zero-order chi connectivity index (χ0) is 6.57. The molecule has 1 nitrogen and oxygen atoms in total. The molecule has 8 heavy (non-hydrogen) atoms. The van der Waals surface area contributed by atoms with Crippen LogP contribution < -0.4 is 0 Å². The SMILES string of the molecule is CCC(C#N)C(C)S. The van der Waals surface area contributed by atoms with Gasteiger partial charge in [-0.25, -0.2) is 0 Å². The third-order valence-electron chi connectivity index (χ3n) is 1.19. The Balaban J connectivity index is 3.57. The lowest BCUT2D eigenvalue weighted by atomic mass is 10.1. The molecular formula is C6H11NS. The van der Waals surface area contributed by atoms with Crippen LogP contribution in [0.4, 0.5) is 0 Å². The Hall–Kier alpha value is -0.160. The van der Waals surface area contributed by atoms with Gasteiger partial charge in [0.1, 0.15) is 0 Å². The van der Waals surface area contributed by atoms with E-state index in [1.807, 2.05) is 13.8 Å². The molecule has 0 fully saturated rings. The molecule has 0 aliphatic carbocycles. The van der Waals surface area contributed by atoms with Gasteiger partial charge in [0.25, 0.3) is 0 Å². The summed E-state index contributed by atoms with van der Waals surface area (Å²) in [6.07, 6.45) is 0.904. The van der Waals surface area contributed by atoms with Crippen LogP contribution in [0.15, 0.2) is 0 Å². The van der Waals surface area contributed by atoms with E-state index in [4.69, 9.17) is 5.26 Å². The summed E-state index contributed by atoms with van der Waals surface area (Å²) in [4.78, 5) is 0. The van der Waals surface area contributed by atoms with Crippen LogP contribution in [0.2, 0.25) is 0 Å². The zero-order valence-corrected chi connectivity index (χ0v) is 6.15. The number of nitriles is 1. The van der Waals surface area contributed by atoms with Crippen LogP contribution in [-0.2, 0) is 0 Å². The molecular weight excluding hydrogens is 118 g/mol. The lowest BCUT2D eigenvalue weighted by Gasteiger charge is -2.06. The van der Waals surface area contributed by atoms with Crippen molar-refractivity contribution in [1.82, 2.24) is 0 Å². The molecule has 0 aliphatic heterocycles. The minimum Gasteiger partial charge on any atom is -0.198 e. The second-order valence-electron chi connectivity index (χ2n) is 1.88. The summed E-state index contributed by atoms with van der Waals surface area (Å²) in [7, 11) is 0. The van der Waals surface area contributed by atoms with Crippen molar-refractivity contribution in [3.8, 4) is 6.07 Å². The molecule has 2 unspecified atom stereocenters. The fourth-order valence-electron chi connectivity index (χ4n) is 0.540. The van der Waals surface area contributed by atoms with Gasteiger partial charge in [-0.1, -0.05) is 13.8 Å². The Kier molecular flexibility index (Phi) is 3.72. The summed E-state index contributed by atoms with van der Waals surface area (Å²) in [5.74, 6) is 0.123. The highest BCUT2D eigenvalue weighted by Crippen LogP contribution is 2.11. The quantitative estimate of drug-likeness (QED) is 0.565. The smallest absolute Gasteiger partial charge is 0.0667 e. The fourth-order valence-corrected chi connectivity index (χ4v) is 0.818.